The van der Waals surface area contributed by atoms with Gasteiger partial charge in [-0.3, -0.25) is 9.59 Å². The fourth-order valence-electron chi connectivity index (χ4n) is 1.94. The molecule has 0 aliphatic carbocycles. The zero-order valence-electron chi connectivity index (χ0n) is 13.9. The topological polar surface area (TPSA) is 74.6 Å². The van der Waals surface area contributed by atoms with Crippen LogP contribution in [0.5, 0.6) is 0 Å². The van der Waals surface area contributed by atoms with Crippen LogP contribution in [0.1, 0.15) is 97.3 Å². The summed E-state index contributed by atoms with van der Waals surface area (Å²) in [5.74, 6) is -1.48. The van der Waals surface area contributed by atoms with Crippen molar-refractivity contribution in [2.75, 3.05) is 0 Å². The van der Waals surface area contributed by atoms with Crippen molar-refractivity contribution < 1.29 is 19.8 Å². The van der Waals surface area contributed by atoms with E-state index >= 15 is 0 Å². The maximum Gasteiger partial charge on any atom is 0.303 e. The van der Waals surface area contributed by atoms with E-state index < -0.39 is 11.9 Å². The molecule has 0 atom stereocenters. The van der Waals surface area contributed by atoms with Crippen LogP contribution in [0.15, 0.2) is 0 Å². The number of aliphatic carboxylic acids is 2. The molecule has 0 aliphatic rings. The minimum atomic E-state index is -0.740. The zero-order valence-corrected chi connectivity index (χ0v) is 13.9. The summed E-state index contributed by atoms with van der Waals surface area (Å²) in [7, 11) is 0. The number of rotatable bonds is 13. The largest absolute Gasteiger partial charge is 0.481 e. The highest BCUT2D eigenvalue weighted by atomic mass is 16.4. The maximum absolute atomic E-state index is 10.1. The van der Waals surface area contributed by atoms with Crippen LogP contribution in [-0.2, 0) is 9.59 Å². The van der Waals surface area contributed by atoms with Gasteiger partial charge in [0.1, 0.15) is 0 Å². The van der Waals surface area contributed by atoms with Gasteiger partial charge in [0.15, 0.2) is 0 Å². The minimum absolute atomic E-state index is 0.245. The smallest absolute Gasteiger partial charge is 0.303 e. The number of carboxylic acids is 2. The molecule has 0 aromatic carbocycles. The molecule has 2 N–H and O–H groups in total. The SMILES string of the molecule is CCCCCCC.O=C(O)CCCCCCCCC(=O)O. The van der Waals surface area contributed by atoms with Gasteiger partial charge in [0.2, 0.25) is 0 Å². The number of hydrogen-bond donors (Lipinski definition) is 2. The molecule has 0 aromatic rings. The molecular formula is C17H34O4. The molecule has 0 bridgehead atoms. The Morgan fingerprint density at radius 3 is 1.14 bits per heavy atom. The first-order chi connectivity index (χ1) is 10.0. The van der Waals surface area contributed by atoms with E-state index in [0.717, 1.165) is 38.5 Å². The van der Waals surface area contributed by atoms with Gasteiger partial charge >= 0.3 is 11.9 Å². The van der Waals surface area contributed by atoms with Gasteiger partial charge < -0.3 is 10.2 Å². The average Bonchev–Trinajstić information content (AvgIpc) is 2.42. The molecule has 0 unspecified atom stereocenters. The molecule has 126 valence electrons. The highest BCUT2D eigenvalue weighted by Gasteiger charge is 1.98. The lowest BCUT2D eigenvalue weighted by Crippen LogP contribution is -1.94. The second-order valence-corrected chi connectivity index (χ2v) is 5.47. The summed E-state index contributed by atoms with van der Waals surface area (Å²) in [5, 5.41) is 16.7. The molecule has 0 aromatic heterocycles. The molecule has 0 saturated heterocycles. The molecule has 0 radical (unpaired) electrons. The Morgan fingerprint density at radius 1 is 0.571 bits per heavy atom. The van der Waals surface area contributed by atoms with E-state index in [1.165, 1.54) is 32.1 Å². The van der Waals surface area contributed by atoms with Crippen molar-refractivity contribution in [3.63, 3.8) is 0 Å². The Morgan fingerprint density at radius 2 is 0.857 bits per heavy atom. The van der Waals surface area contributed by atoms with E-state index in [-0.39, 0.29) is 12.8 Å². The molecule has 0 amide bonds. The predicted octanol–water partition coefficient (Wildman–Crippen LogP) is 5.25. The molecule has 0 saturated carbocycles. The summed E-state index contributed by atoms with van der Waals surface area (Å²) in [4.78, 5) is 20.3. The van der Waals surface area contributed by atoms with Crippen molar-refractivity contribution in [3.8, 4) is 0 Å². The van der Waals surface area contributed by atoms with Crippen molar-refractivity contribution in [1.82, 2.24) is 0 Å². The minimum Gasteiger partial charge on any atom is -0.481 e. The van der Waals surface area contributed by atoms with E-state index in [1.54, 1.807) is 0 Å². The van der Waals surface area contributed by atoms with E-state index in [4.69, 9.17) is 10.2 Å². The van der Waals surface area contributed by atoms with Crippen LogP contribution < -0.4 is 0 Å². The maximum atomic E-state index is 10.1. The van der Waals surface area contributed by atoms with Crippen LogP contribution >= 0.6 is 0 Å². The lowest BCUT2D eigenvalue weighted by atomic mass is 10.1. The van der Waals surface area contributed by atoms with Gasteiger partial charge in [-0.05, 0) is 12.8 Å². The van der Waals surface area contributed by atoms with E-state index in [9.17, 15) is 9.59 Å². The van der Waals surface area contributed by atoms with Gasteiger partial charge in [-0.1, -0.05) is 71.6 Å². The molecule has 0 heterocycles. The number of carboxylic acid groups (broad SMARTS) is 2. The molecular weight excluding hydrogens is 268 g/mol. The molecule has 21 heavy (non-hydrogen) atoms. The first kappa shape index (κ1) is 22.2. The normalized spacial score (nSPS) is 9.81. The van der Waals surface area contributed by atoms with Gasteiger partial charge in [-0.25, -0.2) is 0 Å². The first-order valence-electron chi connectivity index (χ1n) is 8.48. The molecule has 0 rings (SSSR count). The standard InChI is InChI=1S/C10H18O4.C7H16/c11-9(12)7-5-3-1-2-4-6-8-10(13)14;1-3-5-7-6-4-2/h1-8H2,(H,11,12)(H,13,14);3-7H2,1-2H3. The second kappa shape index (κ2) is 18.9. The van der Waals surface area contributed by atoms with E-state index in [1.807, 2.05) is 0 Å². The summed E-state index contributed by atoms with van der Waals surface area (Å²) < 4.78 is 0. The van der Waals surface area contributed by atoms with Crippen molar-refractivity contribution in [2.24, 2.45) is 0 Å². The van der Waals surface area contributed by atoms with Gasteiger partial charge in [0, 0.05) is 12.8 Å². The number of carbonyl (C=O) groups is 2. The Hall–Kier alpha value is -1.06. The summed E-state index contributed by atoms with van der Waals surface area (Å²) in [5.41, 5.74) is 0. The van der Waals surface area contributed by atoms with Crippen LogP contribution in [-0.4, -0.2) is 22.2 Å². The summed E-state index contributed by atoms with van der Waals surface area (Å²) in [6, 6.07) is 0. The van der Waals surface area contributed by atoms with Crippen LogP contribution in [0.3, 0.4) is 0 Å². The molecule has 0 aliphatic heterocycles. The third-order valence-corrected chi connectivity index (χ3v) is 3.24. The van der Waals surface area contributed by atoms with Gasteiger partial charge in [0.25, 0.3) is 0 Å². The van der Waals surface area contributed by atoms with E-state index in [2.05, 4.69) is 13.8 Å². The van der Waals surface area contributed by atoms with Crippen LogP contribution in [0.4, 0.5) is 0 Å². The molecule has 4 heteroatoms. The third kappa shape index (κ3) is 28.0. The lowest BCUT2D eigenvalue weighted by molar-refractivity contribution is -0.138. The van der Waals surface area contributed by atoms with Crippen molar-refractivity contribution in [3.05, 3.63) is 0 Å². The highest BCUT2D eigenvalue weighted by Crippen LogP contribution is 2.08. The summed E-state index contributed by atoms with van der Waals surface area (Å²) >= 11 is 0. The van der Waals surface area contributed by atoms with Crippen molar-refractivity contribution in [1.29, 1.82) is 0 Å². The fraction of sp³-hybridized carbons (Fsp3) is 0.882. The Balaban J connectivity index is 0. The number of hydrogen-bond acceptors (Lipinski definition) is 2. The molecule has 4 nitrogen and oxygen atoms in total. The average molecular weight is 302 g/mol. The van der Waals surface area contributed by atoms with Gasteiger partial charge in [-0.2, -0.15) is 0 Å². The van der Waals surface area contributed by atoms with Crippen molar-refractivity contribution in [2.45, 2.75) is 97.3 Å². The zero-order chi connectivity index (χ0) is 16.3. The first-order valence-corrected chi connectivity index (χ1v) is 8.48. The summed E-state index contributed by atoms with van der Waals surface area (Å²) in [6.07, 6.45) is 12.8. The Kier molecular flexibility index (Phi) is 20.0. The van der Waals surface area contributed by atoms with Gasteiger partial charge in [0.05, 0.1) is 0 Å². The third-order valence-electron chi connectivity index (χ3n) is 3.24. The number of unbranched alkanes of at least 4 members (excludes halogenated alkanes) is 9. The Bertz CT molecular complexity index is 215. The van der Waals surface area contributed by atoms with Crippen molar-refractivity contribution >= 4 is 11.9 Å². The van der Waals surface area contributed by atoms with Crippen LogP contribution in [0, 0.1) is 0 Å². The summed E-state index contributed by atoms with van der Waals surface area (Å²) in [6.45, 7) is 4.49. The molecule has 0 spiro atoms. The fourth-order valence-corrected chi connectivity index (χ4v) is 1.94. The van der Waals surface area contributed by atoms with Gasteiger partial charge in [-0.15, -0.1) is 0 Å². The lowest BCUT2D eigenvalue weighted by Gasteiger charge is -1.98. The predicted molar refractivity (Wildman–Crippen MR) is 86.6 cm³/mol. The van der Waals surface area contributed by atoms with Crippen LogP contribution in [0.25, 0.3) is 0 Å². The Labute approximate surface area is 129 Å². The van der Waals surface area contributed by atoms with E-state index in [0.29, 0.717) is 0 Å². The second-order valence-electron chi connectivity index (χ2n) is 5.47. The quantitative estimate of drug-likeness (QED) is 0.455. The monoisotopic (exact) mass is 302 g/mol. The van der Waals surface area contributed by atoms with Crippen LogP contribution in [0.2, 0.25) is 0 Å². The molecule has 0 fully saturated rings. The highest BCUT2D eigenvalue weighted by molar-refractivity contribution is 5.66.